The van der Waals surface area contributed by atoms with Crippen molar-refractivity contribution in [1.29, 1.82) is 5.26 Å². The molecule has 1 heterocycles. The number of halogens is 1. The lowest BCUT2D eigenvalue weighted by molar-refractivity contribution is 0.189. The number of benzene rings is 1. The molecule has 0 radical (unpaired) electrons. The molecule has 0 fully saturated rings. The Morgan fingerprint density at radius 1 is 1.32 bits per heavy atom. The monoisotopic (exact) mass is 378 g/mol. The molecule has 0 atom stereocenters. The van der Waals surface area contributed by atoms with Gasteiger partial charge in [-0.3, -0.25) is 0 Å². The highest BCUT2D eigenvalue weighted by atomic mass is 35.5. The third-order valence-corrected chi connectivity index (χ3v) is 5.12. The van der Waals surface area contributed by atoms with Gasteiger partial charge in [0.25, 0.3) is 0 Å². The standard InChI is InChI=1S/C18H23ClN4OS/c1-18(2,13-20)9-12-25-17-22-21-16(23(17)10-6-11-24-3)14-7-4-5-8-15(14)19/h4-5,7-8H,6,9-12H2,1-3H3. The van der Waals surface area contributed by atoms with Gasteiger partial charge in [0.1, 0.15) is 0 Å². The summed E-state index contributed by atoms with van der Waals surface area (Å²) >= 11 is 7.96. The number of nitrogens with zero attached hydrogens (tertiary/aromatic N) is 4. The van der Waals surface area contributed by atoms with E-state index in [0.29, 0.717) is 11.6 Å². The molecule has 0 spiro atoms. The summed E-state index contributed by atoms with van der Waals surface area (Å²) in [5, 5.41) is 19.4. The van der Waals surface area contributed by atoms with Crippen molar-refractivity contribution in [2.24, 2.45) is 5.41 Å². The number of hydrogen-bond acceptors (Lipinski definition) is 5. The van der Waals surface area contributed by atoms with Crippen LogP contribution in [0.2, 0.25) is 5.02 Å². The van der Waals surface area contributed by atoms with Gasteiger partial charge in [-0.1, -0.05) is 35.5 Å². The lowest BCUT2D eigenvalue weighted by Crippen LogP contribution is -2.10. The minimum Gasteiger partial charge on any atom is -0.385 e. The van der Waals surface area contributed by atoms with Gasteiger partial charge >= 0.3 is 0 Å². The molecular formula is C18H23ClN4OS. The van der Waals surface area contributed by atoms with E-state index in [-0.39, 0.29) is 5.41 Å². The van der Waals surface area contributed by atoms with Crippen LogP contribution in [0.5, 0.6) is 0 Å². The first kappa shape index (κ1) is 19.8. The van der Waals surface area contributed by atoms with Crippen LogP contribution < -0.4 is 0 Å². The van der Waals surface area contributed by atoms with Crippen molar-refractivity contribution in [2.75, 3.05) is 19.5 Å². The molecule has 0 bridgehead atoms. The van der Waals surface area contributed by atoms with E-state index >= 15 is 0 Å². The summed E-state index contributed by atoms with van der Waals surface area (Å²) in [6, 6.07) is 9.98. The van der Waals surface area contributed by atoms with Crippen molar-refractivity contribution in [3.05, 3.63) is 29.3 Å². The minimum absolute atomic E-state index is 0.334. The van der Waals surface area contributed by atoms with Crippen LogP contribution in [-0.2, 0) is 11.3 Å². The van der Waals surface area contributed by atoms with Crippen molar-refractivity contribution in [3.8, 4) is 17.5 Å². The number of rotatable bonds is 9. The molecule has 0 N–H and O–H groups in total. The van der Waals surface area contributed by atoms with Gasteiger partial charge in [0.15, 0.2) is 11.0 Å². The summed E-state index contributed by atoms with van der Waals surface area (Å²) < 4.78 is 7.25. The summed E-state index contributed by atoms with van der Waals surface area (Å²) in [5.74, 6) is 1.58. The first-order valence-electron chi connectivity index (χ1n) is 8.19. The molecule has 25 heavy (non-hydrogen) atoms. The number of nitriles is 1. The lowest BCUT2D eigenvalue weighted by Gasteiger charge is -2.14. The second-order valence-corrected chi connectivity index (χ2v) is 7.85. The highest BCUT2D eigenvalue weighted by Gasteiger charge is 2.19. The van der Waals surface area contributed by atoms with E-state index in [1.807, 2.05) is 38.1 Å². The zero-order valence-corrected chi connectivity index (χ0v) is 16.4. The van der Waals surface area contributed by atoms with Gasteiger partial charge in [0.2, 0.25) is 0 Å². The quantitative estimate of drug-likeness (QED) is 0.468. The van der Waals surface area contributed by atoms with Crippen LogP contribution in [0.1, 0.15) is 26.7 Å². The first-order chi connectivity index (χ1) is 12.0. The maximum atomic E-state index is 9.15. The van der Waals surface area contributed by atoms with Gasteiger partial charge < -0.3 is 9.30 Å². The fourth-order valence-corrected chi connectivity index (χ4v) is 3.71. The molecule has 0 aliphatic carbocycles. The van der Waals surface area contributed by atoms with E-state index in [1.165, 1.54) is 0 Å². The lowest BCUT2D eigenvalue weighted by atomic mass is 9.93. The zero-order chi connectivity index (χ0) is 18.3. The molecular weight excluding hydrogens is 356 g/mol. The van der Waals surface area contributed by atoms with E-state index in [0.717, 1.165) is 41.7 Å². The molecule has 1 aromatic heterocycles. The second kappa shape index (κ2) is 9.23. The summed E-state index contributed by atoms with van der Waals surface area (Å²) in [4.78, 5) is 0. The van der Waals surface area contributed by atoms with Crippen molar-refractivity contribution in [3.63, 3.8) is 0 Å². The van der Waals surface area contributed by atoms with Crippen LogP contribution in [0.3, 0.4) is 0 Å². The number of thioether (sulfide) groups is 1. The van der Waals surface area contributed by atoms with E-state index in [1.54, 1.807) is 18.9 Å². The summed E-state index contributed by atoms with van der Waals surface area (Å²) in [7, 11) is 1.70. The average molecular weight is 379 g/mol. The van der Waals surface area contributed by atoms with Crippen molar-refractivity contribution in [1.82, 2.24) is 14.8 Å². The Labute approximate surface area is 158 Å². The third kappa shape index (κ3) is 5.46. The molecule has 0 amide bonds. The van der Waals surface area contributed by atoms with Crippen molar-refractivity contribution in [2.45, 2.75) is 38.4 Å². The maximum Gasteiger partial charge on any atom is 0.191 e. The van der Waals surface area contributed by atoms with Gasteiger partial charge in [-0.2, -0.15) is 5.26 Å². The van der Waals surface area contributed by atoms with Crippen LogP contribution >= 0.6 is 23.4 Å². The Hall–Kier alpha value is -1.55. The summed E-state index contributed by atoms with van der Waals surface area (Å²) in [5.41, 5.74) is 0.540. The zero-order valence-electron chi connectivity index (χ0n) is 14.8. The highest BCUT2D eigenvalue weighted by molar-refractivity contribution is 7.99. The average Bonchev–Trinajstić information content (AvgIpc) is 2.98. The van der Waals surface area contributed by atoms with E-state index in [4.69, 9.17) is 21.6 Å². The molecule has 0 saturated carbocycles. The maximum absolute atomic E-state index is 9.15. The molecule has 1 aromatic carbocycles. The normalized spacial score (nSPS) is 11.5. The van der Waals surface area contributed by atoms with Crippen LogP contribution in [0.25, 0.3) is 11.4 Å². The van der Waals surface area contributed by atoms with Gasteiger partial charge in [0.05, 0.1) is 16.5 Å². The van der Waals surface area contributed by atoms with Crippen LogP contribution in [0.4, 0.5) is 0 Å². The molecule has 0 unspecified atom stereocenters. The predicted molar refractivity (Wildman–Crippen MR) is 102 cm³/mol. The van der Waals surface area contributed by atoms with Gasteiger partial charge in [0, 0.05) is 31.6 Å². The number of ether oxygens (including phenoxy) is 1. The largest absolute Gasteiger partial charge is 0.385 e. The fraction of sp³-hybridized carbons (Fsp3) is 0.500. The smallest absolute Gasteiger partial charge is 0.191 e. The fourth-order valence-electron chi connectivity index (χ4n) is 2.26. The SMILES string of the molecule is COCCCn1c(SCCC(C)(C)C#N)nnc1-c1ccccc1Cl. The van der Waals surface area contributed by atoms with Crippen LogP contribution in [0.15, 0.2) is 29.4 Å². The Kier molecular flexibility index (Phi) is 7.30. The Morgan fingerprint density at radius 2 is 2.08 bits per heavy atom. The second-order valence-electron chi connectivity index (χ2n) is 6.38. The molecule has 0 aliphatic heterocycles. The van der Waals surface area contributed by atoms with Gasteiger partial charge in [-0.15, -0.1) is 10.2 Å². The van der Waals surface area contributed by atoms with Crippen molar-refractivity contribution >= 4 is 23.4 Å². The Bertz CT molecular complexity index is 739. The molecule has 7 heteroatoms. The molecule has 5 nitrogen and oxygen atoms in total. The van der Waals surface area contributed by atoms with Gasteiger partial charge in [-0.25, -0.2) is 0 Å². The summed E-state index contributed by atoms with van der Waals surface area (Å²) in [6.45, 7) is 5.33. The number of hydrogen-bond donors (Lipinski definition) is 0. The molecule has 2 aromatic rings. The van der Waals surface area contributed by atoms with Gasteiger partial charge in [-0.05, 0) is 38.8 Å². The minimum atomic E-state index is -0.334. The predicted octanol–water partition coefficient (Wildman–Crippen LogP) is 4.67. The topological polar surface area (TPSA) is 63.7 Å². The number of aromatic nitrogens is 3. The first-order valence-corrected chi connectivity index (χ1v) is 9.56. The molecule has 0 saturated heterocycles. The molecule has 134 valence electrons. The highest BCUT2D eigenvalue weighted by Crippen LogP contribution is 2.31. The Balaban J connectivity index is 2.22. The van der Waals surface area contributed by atoms with Crippen LogP contribution in [-0.4, -0.2) is 34.2 Å². The summed E-state index contributed by atoms with van der Waals surface area (Å²) in [6.07, 6.45) is 1.66. The third-order valence-electron chi connectivity index (χ3n) is 3.82. The van der Waals surface area contributed by atoms with Crippen molar-refractivity contribution < 1.29 is 4.74 Å². The Morgan fingerprint density at radius 3 is 2.76 bits per heavy atom. The van der Waals surface area contributed by atoms with E-state index < -0.39 is 0 Å². The molecule has 2 rings (SSSR count). The van der Waals surface area contributed by atoms with Crippen LogP contribution in [0, 0.1) is 16.7 Å². The number of methoxy groups -OCH3 is 1. The van der Waals surface area contributed by atoms with E-state index in [2.05, 4.69) is 20.8 Å². The van der Waals surface area contributed by atoms with E-state index in [9.17, 15) is 0 Å². The molecule has 0 aliphatic rings.